The van der Waals surface area contributed by atoms with Crippen LogP contribution in [0.5, 0.6) is 0 Å². The van der Waals surface area contributed by atoms with Crippen molar-refractivity contribution in [1.29, 1.82) is 0 Å². The van der Waals surface area contributed by atoms with E-state index in [1.165, 1.54) is 0 Å². The molecule has 1 heterocycles. The Balaban J connectivity index is 2.13. The maximum Gasteiger partial charge on any atom is 0.319 e. The molecule has 0 unspecified atom stereocenters. The van der Waals surface area contributed by atoms with Crippen molar-refractivity contribution in [3.8, 4) is 0 Å². The number of benzene rings is 2. The first kappa shape index (κ1) is 22.5. The highest BCUT2D eigenvalue weighted by Crippen LogP contribution is 2.48. The van der Waals surface area contributed by atoms with Crippen LogP contribution in [-0.4, -0.2) is 38.5 Å². The molecule has 2 atom stereocenters. The molecule has 3 rings (SSSR count). The molecule has 0 N–H and O–H groups in total. The van der Waals surface area contributed by atoms with Gasteiger partial charge in [-0.2, -0.15) is 0 Å². The summed E-state index contributed by atoms with van der Waals surface area (Å²) in [5.74, 6) is -3.23. The standard InChI is InChI=1S/C25H30N2O4/c1-7-31-23(29)20-21(17-10-14-18(15-11-17)26(5)6)25(3,4)24(30)27(22(20)28)19-12-8-16(2)9-13-19/h8-15,20-21H,7H2,1-6H3/t20-,21+/m0/s1. The number of hydrogen-bond acceptors (Lipinski definition) is 5. The number of nitrogens with zero attached hydrogens (tertiary/aromatic N) is 2. The van der Waals surface area contributed by atoms with E-state index in [1.54, 1.807) is 32.9 Å². The van der Waals surface area contributed by atoms with E-state index < -0.39 is 29.1 Å². The van der Waals surface area contributed by atoms with Gasteiger partial charge in [0.15, 0.2) is 0 Å². The molecule has 0 aliphatic carbocycles. The molecule has 0 aromatic heterocycles. The fourth-order valence-corrected chi connectivity index (χ4v) is 4.22. The van der Waals surface area contributed by atoms with Gasteiger partial charge in [-0.3, -0.25) is 14.4 Å². The second-order valence-corrected chi connectivity index (χ2v) is 8.73. The Morgan fingerprint density at radius 3 is 2.13 bits per heavy atom. The fraction of sp³-hybridized carbons (Fsp3) is 0.400. The second kappa shape index (κ2) is 8.53. The Bertz CT molecular complexity index is 978. The van der Waals surface area contributed by atoms with Crippen molar-refractivity contribution < 1.29 is 19.1 Å². The average molecular weight is 423 g/mol. The second-order valence-electron chi connectivity index (χ2n) is 8.73. The Labute approximate surface area is 183 Å². The predicted octanol–water partition coefficient (Wildman–Crippen LogP) is 3.92. The van der Waals surface area contributed by atoms with Crippen molar-refractivity contribution >= 4 is 29.2 Å². The van der Waals surface area contributed by atoms with E-state index in [0.717, 1.165) is 21.7 Å². The summed E-state index contributed by atoms with van der Waals surface area (Å²) in [5, 5.41) is 0. The number of rotatable bonds is 5. The van der Waals surface area contributed by atoms with Crippen molar-refractivity contribution in [2.45, 2.75) is 33.6 Å². The van der Waals surface area contributed by atoms with Gasteiger partial charge in [-0.05, 0) is 43.7 Å². The van der Waals surface area contributed by atoms with Crippen molar-refractivity contribution in [2.75, 3.05) is 30.5 Å². The van der Waals surface area contributed by atoms with E-state index in [2.05, 4.69) is 0 Å². The number of aryl methyl sites for hydroxylation is 1. The summed E-state index contributed by atoms with van der Waals surface area (Å²) in [7, 11) is 3.88. The smallest absolute Gasteiger partial charge is 0.319 e. The lowest BCUT2D eigenvalue weighted by atomic mass is 9.64. The number of anilines is 2. The van der Waals surface area contributed by atoms with Gasteiger partial charge in [0.1, 0.15) is 5.92 Å². The molecule has 6 nitrogen and oxygen atoms in total. The molecule has 2 aromatic carbocycles. The first-order valence-corrected chi connectivity index (χ1v) is 10.5. The molecule has 0 bridgehead atoms. The number of carbonyl (C=O) groups is 3. The average Bonchev–Trinajstić information content (AvgIpc) is 2.72. The van der Waals surface area contributed by atoms with Gasteiger partial charge in [-0.15, -0.1) is 0 Å². The Morgan fingerprint density at radius 1 is 1.03 bits per heavy atom. The van der Waals surface area contributed by atoms with Crippen molar-refractivity contribution in [3.63, 3.8) is 0 Å². The number of esters is 1. The lowest BCUT2D eigenvalue weighted by Gasteiger charge is -2.45. The molecular weight excluding hydrogens is 392 g/mol. The minimum Gasteiger partial charge on any atom is -0.465 e. The minimum absolute atomic E-state index is 0.161. The molecule has 164 valence electrons. The van der Waals surface area contributed by atoms with Gasteiger partial charge in [0.2, 0.25) is 11.8 Å². The third kappa shape index (κ3) is 4.07. The highest BCUT2D eigenvalue weighted by molar-refractivity contribution is 6.24. The van der Waals surface area contributed by atoms with Gasteiger partial charge in [0.25, 0.3) is 0 Å². The van der Waals surface area contributed by atoms with E-state index >= 15 is 0 Å². The zero-order valence-corrected chi connectivity index (χ0v) is 19.0. The number of carbonyl (C=O) groups excluding carboxylic acids is 3. The van der Waals surface area contributed by atoms with Gasteiger partial charge in [-0.1, -0.05) is 43.7 Å². The van der Waals surface area contributed by atoms with E-state index in [-0.39, 0.29) is 12.5 Å². The summed E-state index contributed by atoms with van der Waals surface area (Å²) < 4.78 is 5.29. The monoisotopic (exact) mass is 422 g/mol. The van der Waals surface area contributed by atoms with Gasteiger partial charge < -0.3 is 9.64 Å². The van der Waals surface area contributed by atoms with Crippen molar-refractivity contribution in [3.05, 3.63) is 59.7 Å². The lowest BCUT2D eigenvalue weighted by Crippen LogP contribution is -2.59. The van der Waals surface area contributed by atoms with Crippen LogP contribution in [0.3, 0.4) is 0 Å². The van der Waals surface area contributed by atoms with E-state index in [0.29, 0.717) is 5.69 Å². The lowest BCUT2D eigenvalue weighted by molar-refractivity contribution is -0.158. The molecule has 1 fully saturated rings. The Kier molecular flexibility index (Phi) is 6.20. The van der Waals surface area contributed by atoms with Gasteiger partial charge in [-0.25, -0.2) is 4.90 Å². The van der Waals surface area contributed by atoms with Crippen LogP contribution >= 0.6 is 0 Å². The summed E-state index contributed by atoms with van der Waals surface area (Å²) in [6.07, 6.45) is 0. The van der Waals surface area contributed by atoms with Crippen LogP contribution in [0.4, 0.5) is 11.4 Å². The van der Waals surface area contributed by atoms with Gasteiger partial charge in [0.05, 0.1) is 17.7 Å². The number of amides is 2. The SMILES string of the molecule is CCOC(=O)[C@@H]1C(=O)N(c2ccc(C)cc2)C(=O)C(C)(C)[C@@H]1c1ccc(N(C)C)cc1. The fourth-order valence-electron chi connectivity index (χ4n) is 4.22. The molecule has 6 heteroatoms. The largest absolute Gasteiger partial charge is 0.465 e. The van der Waals surface area contributed by atoms with E-state index in [9.17, 15) is 14.4 Å². The van der Waals surface area contributed by atoms with E-state index in [4.69, 9.17) is 4.74 Å². The Morgan fingerprint density at radius 2 is 1.61 bits per heavy atom. The Hall–Kier alpha value is -3.15. The molecule has 0 radical (unpaired) electrons. The molecule has 31 heavy (non-hydrogen) atoms. The summed E-state index contributed by atoms with van der Waals surface area (Å²) in [5.41, 5.74) is 2.23. The summed E-state index contributed by atoms with van der Waals surface area (Å²) in [6.45, 7) is 7.38. The molecule has 1 aliphatic heterocycles. The number of ether oxygens (including phenoxy) is 1. The number of piperidine rings is 1. The molecule has 2 aromatic rings. The van der Waals surface area contributed by atoms with Crippen LogP contribution in [0.1, 0.15) is 37.8 Å². The topological polar surface area (TPSA) is 66.9 Å². The van der Waals surface area contributed by atoms with Gasteiger partial charge in [0, 0.05) is 25.7 Å². The van der Waals surface area contributed by atoms with Crippen LogP contribution in [0, 0.1) is 18.3 Å². The summed E-state index contributed by atoms with van der Waals surface area (Å²) >= 11 is 0. The maximum absolute atomic E-state index is 13.6. The molecule has 2 amide bonds. The third-order valence-electron chi connectivity index (χ3n) is 5.95. The summed E-state index contributed by atoms with van der Waals surface area (Å²) in [4.78, 5) is 43.3. The molecule has 1 saturated heterocycles. The van der Waals surface area contributed by atoms with E-state index in [1.807, 2.05) is 62.3 Å². The first-order chi connectivity index (χ1) is 14.6. The number of hydrogen-bond donors (Lipinski definition) is 0. The zero-order valence-electron chi connectivity index (χ0n) is 19.0. The van der Waals surface area contributed by atoms with Crippen molar-refractivity contribution in [1.82, 2.24) is 0 Å². The maximum atomic E-state index is 13.6. The van der Waals surface area contributed by atoms with Crippen LogP contribution < -0.4 is 9.80 Å². The molecule has 0 saturated carbocycles. The highest BCUT2D eigenvalue weighted by Gasteiger charge is 2.57. The normalized spacial score (nSPS) is 20.5. The highest BCUT2D eigenvalue weighted by atomic mass is 16.5. The van der Waals surface area contributed by atoms with Crippen LogP contribution in [0.25, 0.3) is 0 Å². The van der Waals surface area contributed by atoms with Crippen LogP contribution in [0.15, 0.2) is 48.5 Å². The minimum atomic E-state index is -1.11. The molecule has 1 aliphatic rings. The first-order valence-electron chi connectivity index (χ1n) is 10.5. The van der Waals surface area contributed by atoms with Gasteiger partial charge >= 0.3 is 5.97 Å². The third-order valence-corrected chi connectivity index (χ3v) is 5.95. The van der Waals surface area contributed by atoms with Crippen LogP contribution in [-0.2, 0) is 19.1 Å². The van der Waals surface area contributed by atoms with Crippen molar-refractivity contribution in [2.24, 2.45) is 11.3 Å². The molecule has 0 spiro atoms. The predicted molar refractivity (Wildman–Crippen MR) is 121 cm³/mol. The van der Waals surface area contributed by atoms with Crippen LogP contribution in [0.2, 0.25) is 0 Å². The number of imide groups is 1. The molecular formula is C25H30N2O4. The quantitative estimate of drug-likeness (QED) is 0.415. The summed E-state index contributed by atoms with van der Waals surface area (Å²) in [6, 6.07) is 14.8. The zero-order chi connectivity index (χ0) is 22.9.